The van der Waals surface area contributed by atoms with Crippen molar-refractivity contribution in [2.75, 3.05) is 11.6 Å². The number of para-hydroxylation sites is 1. The number of nitrogens with one attached hydrogen (secondary N) is 1. The number of halogens is 1. The van der Waals surface area contributed by atoms with Crippen LogP contribution in [0.2, 0.25) is 5.02 Å². The summed E-state index contributed by atoms with van der Waals surface area (Å²) in [6.45, 7) is 0.667. The molecular formula is C25H20ClN3O3S2. The Balaban J connectivity index is 1.38. The highest BCUT2D eigenvalue weighted by Crippen LogP contribution is 2.29. The fourth-order valence-electron chi connectivity index (χ4n) is 3.91. The number of sulfone groups is 1. The van der Waals surface area contributed by atoms with Crippen LogP contribution in [-0.2, 0) is 27.6 Å². The minimum atomic E-state index is -3.31. The molecular weight excluding hydrogens is 490 g/mol. The number of aromatic nitrogens is 2. The Morgan fingerprint density at radius 2 is 1.85 bits per heavy atom. The average Bonchev–Trinajstić information content (AvgIpc) is 3.35. The second-order valence-electron chi connectivity index (χ2n) is 8.07. The maximum atomic E-state index is 12.9. The maximum Gasteiger partial charge on any atom is 0.230 e. The van der Waals surface area contributed by atoms with Crippen LogP contribution in [-0.4, -0.2) is 30.1 Å². The smallest absolute Gasteiger partial charge is 0.230 e. The zero-order chi connectivity index (χ0) is 23.9. The number of rotatable bonds is 6. The molecule has 34 heavy (non-hydrogen) atoms. The number of amides is 1. The third-order valence-electron chi connectivity index (χ3n) is 5.52. The normalized spacial score (nSPS) is 11.8. The second kappa shape index (κ2) is 8.87. The molecule has 0 aliphatic heterocycles. The number of anilines is 1. The summed E-state index contributed by atoms with van der Waals surface area (Å²) >= 11 is 7.26. The van der Waals surface area contributed by atoms with Gasteiger partial charge in [-0.3, -0.25) is 4.79 Å². The van der Waals surface area contributed by atoms with Crippen LogP contribution in [0.4, 0.5) is 5.13 Å². The summed E-state index contributed by atoms with van der Waals surface area (Å²) in [7, 11) is -3.31. The van der Waals surface area contributed by atoms with Crippen molar-refractivity contribution in [1.82, 2.24) is 9.55 Å². The fourth-order valence-corrected chi connectivity index (χ4v) is 5.68. The van der Waals surface area contributed by atoms with Crippen molar-refractivity contribution in [3.8, 4) is 0 Å². The molecule has 9 heteroatoms. The molecule has 5 rings (SSSR count). The van der Waals surface area contributed by atoms with Crippen LogP contribution in [0.5, 0.6) is 0 Å². The summed E-state index contributed by atoms with van der Waals surface area (Å²) in [6, 6.07) is 20.5. The lowest BCUT2D eigenvalue weighted by Gasteiger charge is -2.05. The predicted molar refractivity (Wildman–Crippen MR) is 138 cm³/mol. The van der Waals surface area contributed by atoms with Gasteiger partial charge in [-0.15, -0.1) is 0 Å². The molecule has 0 radical (unpaired) electrons. The highest BCUT2D eigenvalue weighted by Gasteiger charge is 2.15. The molecule has 0 atom stereocenters. The molecule has 0 aliphatic carbocycles. The van der Waals surface area contributed by atoms with E-state index in [0.29, 0.717) is 26.9 Å². The van der Waals surface area contributed by atoms with Gasteiger partial charge in [0.25, 0.3) is 0 Å². The predicted octanol–water partition coefficient (Wildman–Crippen LogP) is 5.54. The van der Waals surface area contributed by atoms with Gasteiger partial charge < -0.3 is 9.88 Å². The van der Waals surface area contributed by atoms with Crippen LogP contribution in [0.15, 0.2) is 77.8 Å². The Morgan fingerprint density at radius 3 is 2.62 bits per heavy atom. The first-order valence-electron chi connectivity index (χ1n) is 10.5. The lowest BCUT2D eigenvalue weighted by molar-refractivity contribution is -0.115. The minimum Gasteiger partial charge on any atom is -0.343 e. The first-order valence-corrected chi connectivity index (χ1v) is 13.6. The molecule has 0 saturated carbocycles. The highest BCUT2D eigenvalue weighted by atomic mass is 35.5. The summed E-state index contributed by atoms with van der Waals surface area (Å²) in [6.07, 6.45) is 3.37. The fraction of sp³-hybridized carbons (Fsp3) is 0.120. The summed E-state index contributed by atoms with van der Waals surface area (Å²) in [5.41, 5.74) is 3.73. The standard InChI is InChI=1S/C25H20ClN3O3S2/c1-34(31,32)19-10-11-21-23(13-19)33-25(27-21)28-24(30)12-17-15-29(22-5-3-2-4-20(17)22)14-16-6-8-18(26)9-7-16/h2-11,13,15H,12,14H2,1H3,(H,27,28,30). The number of carbonyl (C=O) groups excluding carboxylic acids is 1. The van der Waals surface area contributed by atoms with Crippen molar-refractivity contribution in [2.24, 2.45) is 0 Å². The van der Waals surface area contributed by atoms with Gasteiger partial charge in [-0.1, -0.05) is 53.3 Å². The molecule has 2 aromatic heterocycles. The van der Waals surface area contributed by atoms with Crippen molar-refractivity contribution in [2.45, 2.75) is 17.9 Å². The summed E-state index contributed by atoms with van der Waals surface area (Å²) in [5.74, 6) is -0.184. The number of benzene rings is 3. The van der Waals surface area contributed by atoms with Gasteiger partial charge in [-0.05, 0) is 47.5 Å². The number of nitrogens with zero attached hydrogens (tertiary/aromatic N) is 2. The van der Waals surface area contributed by atoms with E-state index in [-0.39, 0.29) is 17.2 Å². The van der Waals surface area contributed by atoms with E-state index in [1.54, 1.807) is 12.1 Å². The lowest BCUT2D eigenvalue weighted by atomic mass is 10.1. The molecule has 1 amide bonds. The van der Waals surface area contributed by atoms with Crippen molar-refractivity contribution in [3.63, 3.8) is 0 Å². The van der Waals surface area contributed by atoms with Crippen molar-refractivity contribution < 1.29 is 13.2 Å². The van der Waals surface area contributed by atoms with Crippen molar-refractivity contribution >= 4 is 64.9 Å². The van der Waals surface area contributed by atoms with Gasteiger partial charge in [0.15, 0.2) is 15.0 Å². The van der Waals surface area contributed by atoms with E-state index in [1.165, 1.54) is 23.7 Å². The van der Waals surface area contributed by atoms with E-state index in [9.17, 15) is 13.2 Å². The molecule has 6 nitrogen and oxygen atoms in total. The molecule has 0 saturated heterocycles. The second-order valence-corrected chi connectivity index (χ2v) is 11.6. The number of hydrogen-bond acceptors (Lipinski definition) is 5. The van der Waals surface area contributed by atoms with Gasteiger partial charge in [0.2, 0.25) is 5.91 Å². The zero-order valence-corrected chi connectivity index (χ0v) is 20.5. The Morgan fingerprint density at radius 1 is 1.09 bits per heavy atom. The summed E-state index contributed by atoms with van der Waals surface area (Å²) in [4.78, 5) is 17.5. The van der Waals surface area contributed by atoms with Gasteiger partial charge in [0.1, 0.15) is 0 Å². The van der Waals surface area contributed by atoms with Crippen LogP contribution in [0.25, 0.3) is 21.1 Å². The van der Waals surface area contributed by atoms with Crippen molar-refractivity contribution in [1.29, 1.82) is 0 Å². The highest BCUT2D eigenvalue weighted by molar-refractivity contribution is 7.90. The number of fused-ring (bicyclic) bond motifs is 2. The third-order valence-corrected chi connectivity index (χ3v) is 7.82. The van der Waals surface area contributed by atoms with Gasteiger partial charge in [0, 0.05) is 34.9 Å². The van der Waals surface area contributed by atoms with Gasteiger partial charge in [-0.25, -0.2) is 13.4 Å². The molecule has 2 heterocycles. The molecule has 0 unspecified atom stereocenters. The van der Waals surface area contributed by atoms with E-state index >= 15 is 0 Å². The van der Waals surface area contributed by atoms with E-state index in [4.69, 9.17) is 11.6 Å². The quantitative estimate of drug-likeness (QED) is 0.326. The number of thiazole rings is 1. The molecule has 172 valence electrons. The Kier molecular flexibility index (Phi) is 5.89. The molecule has 0 aliphatic rings. The largest absolute Gasteiger partial charge is 0.343 e. The Bertz CT molecular complexity index is 1640. The van der Waals surface area contributed by atoms with Crippen LogP contribution >= 0.6 is 22.9 Å². The van der Waals surface area contributed by atoms with E-state index in [1.807, 2.05) is 54.7 Å². The first kappa shape index (κ1) is 22.6. The molecule has 0 fully saturated rings. The Hall–Kier alpha value is -3.20. The van der Waals surface area contributed by atoms with Gasteiger partial charge in [-0.2, -0.15) is 0 Å². The van der Waals surface area contributed by atoms with Crippen LogP contribution in [0, 0.1) is 0 Å². The molecule has 0 bridgehead atoms. The van der Waals surface area contributed by atoms with E-state index < -0.39 is 9.84 Å². The SMILES string of the molecule is CS(=O)(=O)c1ccc2nc(NC(=O)Cc3cn(Cc4ccc(Cl)cc4)c4ccccc34)sc2c1. The van der Waals surface area contributed by atoms with Gasteiger partial charge >= 0.3 is 0 Å². The number of carbonyl (C=O) groups is 1. The maximum absolute atomic E-state index is 12.9. The number of hydrogen-bond donors (Lipinski definition) is 1. The summed E-state index contributed by atoms with van der Waals surface area (Å²) < 4.78 is 26.5. The van der Waals surface area contributed by atoms with Crippen LogP contribution in [0.3, 0.4) is 0 Å². The zero-order valence-electron chi connectivity index (χ0n) is 18.2. The first-order chi connectivity index (χ1) is 16.3. The average molecular weight is 510 g/mol. The van der Waals surface area contributed by atoms with E-state index in [2.05, 4.69) is 14.9 Å². The Labute approximate surface area is 205 Å². The summed E-state index contributed by atoms with van der Waals surface area (Å²) in [5, 5.41) is 5.02. The lowest BCUT2D eigenvalue weighted by Crippen LogP contribution is -2.14. The third kappa shape index (κ3) is 4.70. The molecule has 5 aromatic rings. The molecule has 1 N–H and O–H groups in total. The van der Waals surface area contributed by atoms with Crippen LogP contribution in [0.1, 0.15) is 11.1 Å². The minimum absolute atomic E-state index is 0.184. The van der Waals surface area contributed by atoms with Crippen LogP contribution < -0.4 is 5.32 Å². The van der Waals surface area contributed by atoms with Crippen molar-refractivity contribution in [3.05, 3.63) is 89.1 Å². The molecule has 0 spiro atoms. The monoisotopic (exact) mass is 509 g/mol. The van der Waals surface area contributed by atoms with Gasteiger partial charge in [0.05, 0.1) is 21.5 Å². The van der Waals surface area contributed by atoms with E-state index in [0.717, 1.165) is 22.0 Å². The molecule has 3 aromatic carbocycles. The topological polar surface area (TPSA) is 81.1 Å².